The van der Waals surface area contributed by atoms with Crippen molar-refractivity contribution >= 4 is 56.3 Å². The SMILES string of the molecule is CC(=O)c1ccc(-c2ccc(/C=C3/SC(Nc4ccc(CC(=O)NS(=O)(=O)c5ccc(C)cc5)cc4)=NC3=O)cc2)cc1. The zero-order chi connectivity index (χ0) is 30.6. The topological polar surface area (TPSA) is 122 Å². The number of benzene rings is 4. The Morgan fingerprint density at radius 3 is 2.05 bits per heavy atom. The van der Waals surface area contributed by atoms with E-state index in [2.05, 4.69) is 15.0 Å². The Kier molecular flexibility index (Phi) is 8.70. The number of carbonyl (C=O) groups is 3. The highest BCUT2D eigenvalue weighted by atomic mass is 32.2. The van der Waals surface area contributed by atoms with E-state index >= 15 is 0 Å². The maximum Gasteiger partial charge on any atom is 0.286 e. The number of carbonyl (C=O) groups excluding carboxylic acids is 3. The molecular formula is C33H27N3O5S2. The number of ketones is 1. The first-order valence-electron chi connectivity index (χ1n) is 13.3. The molecule has 0 saturated heterocycles. The van der Waals surface area contributed by atoms with Gasteiger partial charge in [0, 0.05) is 11.3 Å². The molecule has 0 atom stereocenters. The van der Waals surface area contributed by atoms with Crippen molar-refractivity contribution < 1.29 is 22.8 Å². The van der Waals surface area contributed by atoms with E-state index in [0.717, 1.165) is 22.3 Å². The second-order valence-corrected chi connectivity index (χ2v) is 12.6. The number of amidine groups is 1. The number of rotatable bonds is 8. The number of nitrogens with one attached hydrogen (secondary N) is 2. The minimum Gasteiger partial charge on any atom is -0.334 e. The summed E-state index contributed by atoms with van der Waals surface area (Å²) in [5.74, 6) is -0.968. The first-order valence-corrected chi connectivity index (χ1v) is 15.6. The van der Waals surface area contributed by atoms with Crippen LogP contribution in [0.4, 0.5) is 5.69 Å². The third-order valence-corrected chi connectivity index (χ3v) is 8.89. The molecule has 1 heterocycles. The normalized spacial score (nSPS) is 14.0. The highest BCUT2D eigenvalue weighted by Gasteiger charge is 2.22. The Hall–Kier alpha value is -4.80. The fourth-order valence-electron chi connectivity index (χ4n) is 4.26. The van der Waals surface area contributed by atoms with E-state index < -0.39 is 15.9 Å². The summed E-state index contributed by atoms with van der Waals surface area (Å²) in [4.78, 5) is 41.0. The first-order chi connectivity index (χ1) is 20.6. The Labute approximate surface area is 254 Å². The van der Waals surface area contributed by atoms with Crippen molar-refractivity contribution in [2.45, 2.75) is 25.2 Å². The predicted octanol–water partition coefficient (Wildman–Crippen LogP) is 5.99. The second-order valence-electron chi connectivity index (χ2n) is 9.93. The average molecular weight is 610 g/mol. The number of aliphatic imine (C=N–C) groups is 1. The summed E-state index contributed by atoms with van der Waals surface area (Å²) >= 11 is 1.22. The molecule has 4 aromatic carbocycles. The maximum atomic E-state index is 12.5. The van der Waals surface area contributed by atoms with Gasteiger partial charge in [-0.05, 0) is 78.2 Å². The van der Waals surface area contributed by atoms with Gasteiger partial charge in [-0.2, -0.15) is 4.99 Å². The van der Waals surface area contributed by atoms with Crippen LogP contribution in [0.25, 0.3) is 17.2 Å². The molecule has 4 aromatic rings. The van der Waals surface area contributed by atoms with Crippen LogP contribution < -0.4 is 10.0 Å². The molecule has 8 nitrogen and oxygen atoms in total. The van der Waals surface area contributed by atoms with Crippen LogP contribution in [0.1, 0.15) is 34.0 Å². The van der Waals surface area contributed by atoms with E-state index in [-0.39, 0.29) is 23.0 Å². The third-order valence-electron chi connectivity index (χ3n) is 6.60. The van der Waals surface area contributed by atoms with Crippen molar-refractivity contribution in [3.63, 3.8) is 0 Å². The van der Waals surface area contributed by atoms with Crippen LogP contribution >= 0.6 is 11.8 Å². The highest BCUT2D eigenvalue weighted by Crippen LogP contribution is 2.30. The zero-order valence-corrected chi connectivity index (χ0v) is 25.0. The van der Waals surface area contributed by atoms with Crippen molar-refractivity contribution in [1.82, 2.24) is 4.72 Å². The molecule has 1 aliphatic rings. The van der Waals surface area contributed by atoms with Crippen LogP contribution in [0.5, 0.6) is 0 Å². The van der Waals surface area contributed by atoms with E-state index in [9.17, 15) is 22.8 Å². The third kappa shape index (κ3) is 7.54. The zero-order valence-electron chi connectivity index (χ0n) is 23.3. The maximum absolute atomic E-state index is 12.5. The van der Waals surface area contributed by atoms with Gasteiger partial charge >= 0.3 is 0 Å². The number of Topliss-reactive ketones (excluding diaryl/α,β-unsaturated/α-hetero) is 1. The van der Waals surface area contributed by atoms with Crippen LogP contribution in [-0.2, 0) is 26.0 Å². The summed E-state index contributed by atoms with van der Waals surface area (Å²) in [7, 11) is -3.95. The number of amides is 2. The van der Waals surface area contributed by atoms with Gasteiger partial charge in [-0.25, -0.2) is 13.1 Å². The Morgan fingerprint density at radius 1 is 0.837 bits per heavy atom. The van der Waals surface area contributed by atoms with Gasteiger partial charge in [-0.3, -0.25) is 14.4 Å². The molecule has 10 heteroatoms. The van der Waals surface area contributed by atoms with Crippen molar-refractivity contribution in [3.8, 4) is 11.1 Å². The molecule has 2 N–H and O–H groups in total. The van der Waals surface area contributed by atoms with Crippen molar-refractivity contribution in [1.29, 1.82) is 0 Å². The van der Waals surface area contributed by atoms with E-state index in [0.29, 0.717) is 26.9 Å². The van der Waals surface area contributed by atoms with Gasteiger partial charge in [-0.1, -0.05) is 78.4 Å². The lowest BCUT2D eigenvalue weighted by Gasteiger charge is -2.08. The number of thioether (sulfide) groups is 1. The van der Waals surface area contributed by atoms with Crippen molar-refractivity contribution in [3.05, 3.63) is 124 Å². The molecule has 2 amide bonds. The van der Waals surface area contributed by atoms with Gasteiger partial charge < -0.3 is 5.32 Å². The van der Waals surface area contributed by atoms with Crippen LogP contribution in [0.2, 0.25) is 0 Å². The lowest BCUT2D eigenvalue weighted by Crippen LogP contribution is -2.31. The molecule has 216 valence electrons. The molecule has 0 saturated carbocycles. The van der Waals surface area contributed by atoms with Crippen LogP contribution in [0.3, 0.4) is 0 Å². The smallest absolute Gasteiger partial charge is 0.286 e. The van der Waals surface area contributed by atoms with Crippen LogP contribution in [-0.4, -0.2) is 31.2 Å². The number of sulfonamides is 1. The van der Waals surface area contributed by atoms with Gasteiger partial charge in [0.2, 0.25) is 5.91 Å². The molecule has 0 spiro atoms. The molecular weight excluding hydrogens is 583 g/mol. The van der Waals surface area contributed by atoms with Gasteiger partial charge in [0.05, 0.1) is 16.2 Å². The monoisotopic (exact) mass is 609 g/mol. The Bertz CT molecular complexity index is 1860. The fourth-order valence-corrected chi connectivity index (χ4v) is 6.08. The number of nitrogens with zero attached hydrogens (tertiary/aromatic N) is 1. The standard InChI is InChI=1S/C33H27N3O5S2/c1-21-3-17-29(18-4-21)43(40,41)36-31(38)20-24-7-15-28(16-8-24)34-33-35-32(39)30(42-33)19-23-5-9-26(10-6-23)27-13-11-25(12-14-27)22(2)37/h3-19H,20H2,1-2H3,(H,36,38)(H,34,35,39)/b30-19+. The summed E-state index contributed by atoms with van der Waals surface area (Å²) in [5.41, 5.74) is 5.70. The van der Waals surface area contributed by atoms with E-state index in [4.69, 9.17) is 0 Å². The summed E-state index contributed by atoms with van der Waals surface area (Å²) in [5, 5.41) is 3.53. The Morgan fingerprint density at radius 2 is 1.44 bits per heavy atom. The van der Waals surface area contributed by atoms with Crippen molar-refractivity contribution in [2.75, 3.05) is 5.32 Å². The minimum atomic E-state index is -3.95. The van der Waals surface area contributed by atoms with Gasteiger partial charge in [0.25, 0.3) is 15.9 Å². The minimum absolute atomic E-state index is 0.0223. The van der Waals surface area contributed by atoms with E-state index in [1.165, 1.54) is 30.8 Å². The van der Waals surface area contributed by atoms with Crippen LogP contribution in [0, 0.1) is 6.92 Å². The first kappa shape index (κ1) is 29.7. The van der Waals surface area contributed by atoms with E-state index in [1.807, 2.05) is 43.3 Å². The highest BCUT2D eigenvalue weighted by molar-refractivity contribution is 8.18. The van der Waals surface area contributed by atoms with E-state index in [1.54, 1.807) is 54.6 Å². The molecule has 0 unspecified atom stereocenters. The summed E-state index contributed by atoms with van der Waals surface area (Å²) in [6.07, 6.45) is 1.66. The lowest BCUT2D eigenvalue weighted by molar-refractivity contribution is -0.118. The molecule has 0 radical (unpaired) electrons. The average Bonchev–Trinajstić information content (AvgIpc) is 3.32. The summed E-state index contributed by atoms with van der Waals surface area (Å²) in [6.45, 7) is 3.38. The quantitative estimate of drug-likeness (QED) is 0.186. The molecule has 5 rings (SSSR count). The van der Waals surface area contributed by atoms with Crippen LogP contribution in [0.15, 0.2) is 112 Å². The van der Waals surface area contributed by atoms with Gasteiger partial charge in [0.1, 0.15) is 0 Å². The molecule has 0 bridgehead atoms. The number of aryl methyl sites for hydroxylation is 1. The van der Waals surface area contributed by atoms with Crippen molar-refractivity contribution in [2.24, 2.45) is 4.99 Å². The van der Waals surface area contributed by atoms with Gasteiger partial charge in [-0.15, -0.1) is 0 Å². The molecule has 0 aromatic heterocycles. The second kappa shape index (κ2) is 12.6. The largest absolute Gasteiger partial charge is 0.334 e. The molecule has 43 heavy (non-hydrogen) atoms. The number of hydrogen-bond donors (Lipinski definition) is 2. The lowest BCUT2D eigenvalue weighted by atomic mass is 10.0. The summed E-state index contributed by atoms with van der Waals surface area (Å²) < 4.78 is 27.0. The molecule has 1 aliphatic heterocycles. The number of hydrogen-bond acceptors (Lipinski definition) is 7. The Balaban J connectivity index is 1.16. The predicted molar refractivity (Wildman–Crippen MR) is 170 cm³/mol. The fraction of sp³-hybridized carbons (Fsp3) is 0.0909. The van der Waals surface area contributed by atoms with Gasteiger partial charge in [0.15, 0.2) is 11.0 Å². The summed E-state index contributed by atoms with van der Waals surface area (Å²) in [6, 6.07) is 28.3. The molecule has 0 aliphatic carbocycles. The number of anilines is 1. The molecule has 0 fully saturated rings.